The van der Waals surface area contributed by atoms with Gasteiger partial charge in [-0.2, -0.15) is 0 Å². The number of furan rings is 1. The van der Waals surface area contributed by atoms with Gasteiger partial charge in [0.25, 0.3) is 0 Å². The van der Waals surface area contributed by atoms with Crippen molar-refractivity contribution in [1.82, 2.24) is 4.57 Å². The fraction of sp³-hybridized carbons (Fsp3) is 0.111. The van der Waals surface area contributed by atoms with Crippen LogP contribution in [0.1, 0.15) is 29.4 Å². The van der Waals surface area contributed by atoms with Crippen LogP contribution < -0.4 is 10.5 Å². The van der Waals surface area contributed by atoms with Crippen LogP contribution >= 0.6 is 0 Å². The molecular weight excluding hydrogens is 492 g/mol. The van der Waals surface area contributed by atoms with E-state index in [1.165, 1.54) is 11.1 Å². The van der Waals surface area contributed by atoms with Crippen LogP contribution in [0.25, 0.3) is 49.4 Å². The fourth-order valence-corrected chi connectivity index (χ4v) is 7.17. The molecule has 0 saturated carbocycles. The summed E-state index contributed by atoms with van der Waals surface area (Å²) < 4.78 is 15.1. The highest BCUT2D eigenvalue weighted by atomic mass is 16.5. The summed E-state index contributed by atoms with van der Waals surface area (Å²) >= 11 is 0. The van der Waals surface area contributed by atoms with Gasteiger partial charge in [0, 0.05) is 33.6 Å². The monoisotopic (exact) mass is 518 g/mol. The molecule has 0 bridgehead atoms. The molecule has 2 aromatic heterocycles. The number of hydrogen-bond acceptors (Lipinski definition) is 3. The van der Waals surface area contributed by atoms with Crippen LogP contribution in [0, 0.1) is 0 Å². The first-order valence-corrected chi connectivity index (χ1v) is 13.9. The number of allylic oxidation sites excluding steroid dienone is 1. The van der Waals surface area contributed by atoms with Crippen LogP contribution in [0.15, 0.2) is 120 Å². The topological polar surface area (TPSA) is 53.3 Å². The second-order valence-electron chi connectivity index (χ2n) is 11.0. The van der Waals surface area contributed by atoms with Crippen molar-refractivity contribution in [2.45, 2.75) is 24.4 Å². The Morgan fingerprint density at radius 1 is 0.675 bits per heavy atom. The Hall–Kier alpha value is -4.96. The lowest BCUT2D eigenvalue weighted by molar-refractivity contribution is 0.240. The van der Waals surface area contributed by atoms with Gasteiger partial charge in [-0.3, -0.25) is 0 Å². The Kier molecular flexibility index (Phi) is 4.40. The number of hydrogen-bond donors (Lipinski definition) is 1. The van der Waals surface area contributed by atoms with Crippen molar-refractivity contribution in [2.75, 3.05) is 5.73 Å². The van der Waals surface area contributed by atoms with Crippen molar-refractivity contribution >= 4 is 49.4 Å². The maximum absolute atomic E-state index is 6.87. The Morgan fingerprint density at radius 3 is 2.42 bits per heavy atom. The lowest BCUT2D eigenvalue weighted by Gasteiger charge is -2.28. The van der Waals surface area contributed by atoms with E-state index in [4.69, 9.17) is 14.9 Å². The molecule has 0 amide bonds. The maximum atomic E-state index is 6.87. The predicted octanol–water partition coefficient (Wildman–Crippen LogP) is 8.85. The van der Waals surface area contributed by atoms with Gasteiger partial charge in [-0.25, -0.2) is 0 Å². The molecule has 7 aromatic rings. The molecule has 2 N–H and O–H groups in total. The molecule has 40 heavy (non-hydrogen) atoms. The van der Waals surface area contributed by atoms with E-state index in [-0.39, 0.29) is 12.0 Å². The largest absolute Gasteiger partial charge is 0.485 e. The number of benzene rings is 5. The van der Waals surface area contributed by atoms with Gasteiger partial charge in [-0.05, 0) is 54.5 Å². The summed E-state index contributed by atoms with van der Waals surface area (Å²) in [6, 6.07) is 36.1. The van der Waals surface area contributed by atoms with E-state index in [1.807, 2.05) is 18.2 Å². The zero-order valence-electron chi connectivity index (χ0n) is 21.7. The molecule has 0 spiro atoms. The van der Waals surface area contributed by atoms with Gasteiger partial charge in [-0.1, -0.05) is 72.8 Å². The summed E-state index contributed by atoms with van der Waals surface area (Å²) in [5.74, 6) is 1.54. The summed E-state index contributed by atoms with van der Waals surface area (Å²) in [6.45, 7) is 0. The highest BCUT2D eigenvalue weighted by Crippen LogP contribution is 2.49. The first-order valence-electron chi connectivity index (χ1n) is 13.9. The van der Waals surface area contributed by atoms with Gasteiger partial charge in [-0.15, -0.1) is 0 Å². The molecule has 9 rings (SSSR count). The van der Waals surface area contributed by atoms with Gasteiger partial charge < -0.3 is 19.5 Å². The first kappa shape index (κ1) is 21.9. The van der Waals surface area contributed by atoms with Crippen LogP contribution in [-0.4, -0.2) is 10.7 Å². The van der Waals surface area contributed by atoms with Gasteiger partial charge in [0.15, 0.2) is 0 Å². The van der Waals surface area contributed by atoms with Crippen LogP contribution in [-0.2, 0) is 0 Å². The predicted molar refractivity (Wildman–Crippen MR) is 163 cm³/mol. The number of aromatic nitrogens is 1. The summed E-state index contributed by atoms with van der Waals surface area (Å²) in [6.07, 6.45) is 5.62. The molecule has 0 fully saturated rings. The average Bonchev–Trinajstić information content (AvgIpc) is 3.66. The van der Waals surface area contributed by atoms with Gasteiger partial charge in [0.2, 0.25) is 0 Å². The molecule has 3 heterocycles. The minimum absolute atomic E-state index is 0.0905. The number of nitrogens with zero attached hydrogens (tertiary/aromatic N) is 1. The van der Waals surface area contributed by atoms with Crippen LogP contribution in [0.2, 0.25) is 0 Å². The van der Waals surface area contributed by atoms with Gasteiger partial charge in [0.05, 0.1) is 27.8 Å². The Morgan fingerprint density at radius 2 is 1.48 bits per heavy atom. The van der Waals surface area contributed by atoms with Crippen molar-refractivity contribution in [3.8, 4) is 11.4 Å². The van der Waals surface area contributed by atoms with Crippen LogP contribution in [0.3, 0.4) is 0 Å². The quantitative estimate of drug-likeness (QED) is 0.184. The second-order valence-corrected chi connectivity index (χ2v) is 11.0. The van der Waals surface area contributed by atoms with E-state index in [2.05, 4.69) is 102 Å². The van der Waals surface area contributed by atoms with E-state index >= 15 is 0 Å². The third-order valence-electron chi connectivity index (χ3n) is 8.92. The minimum atomic E-state index is 0.0905. The Bertz CT molecular complexity index is 2170. The number of nitrogen functional groups attached to an aromatic ring is 1. The molecule has 1 aliphatic carbocycles. The smallest absolute Gasteiger partial charge is 0.145 e. The Balaban J connectivity index is 1.30. The summed E-state index contributed by atoms with van der Waals surface area (Å²) in [5, 5.41) is 4.55. The molecule has 5 aromatic carbocycles. The molecule has 4 heteroatoms. The lowest BCUT2D eigenvalue weighted by Crippen LogP contribution is -2.22. The van der Waals surface area contributed by atoms with Gasteiger partial charge >= 0.3 is 0 Å². The molecule has 0 saturated heterocycles. The number of para-hydroxylation sites is 4. The second kappa shape index (κ2) is 8.03. The number of nitrogens with two attached hydrogens (primary N) is 1. The SMILES string of the molecule is Nc1cccc(C2C=CC3Oc4ccccc4C3C2)c1-n1c2ccccc2c2c3oc4ccccc4c3ccc21. The van der Waals surface area contributed by atoms with Crippen molar-refractivity contribution in [3.63, 3.8) is 0 Å². The summed E-state index contributed by atoms with van der Waals surface area (Å²) in [7, 11) is 0. The molecule has 4 nitrogen and oxygen atoms in total. The highest BCUT2D eigenvalue weighted by Gasteiger charge is 2.37. The number of anilines is 1. The zero-order valence-corrected chi connectivity index (χ0v) is 21.7. The van der Waals surface area contributed by atoms with Crippen molar-refractivity contribution in [2.24, 2.45) is 0 Å². The molecular formula is C36H26N2O2. The maximum Gasteiger partial charge on any atom is 0.145 e. The van der Waals surface area contributed by atoms with E-state index in [1.54, 1.807) is 0 Å². The van der Waals surface area contributed by atoms with E-state index < -0.39 is 0 Å². The van der Waals surface area contributed by atoms with E-state index in [0.717, 1.165) is 67.3 Å². The first-order chi connectivity index (χ1) is 19.8. The average molecular weight is 519 g/mol. The number of fused-ring (bicyclic) bond motifs is 10. The molecule has 0 radical (unpaired) electrons. The third-order valence-corrected chi connectivity index (χ3v) is 8.92. The minimum Gasteiger partial charge on any atom is -0.485 e. The molecule has 192 valence electrons. The fourth-order valence-electron chi connectivity index (χ4n) is 7.17. The van der Waals surface area contributed by atoms with Crippen molar-refractivity contribution in [3.05, 3.63) is 126 Å². The van der Waals surface area contributed by atoms with E-state index in [9.17, 15) is 0 Å². The van der Waals surface area contributed by atoms with Crippen LogP contribution in [0.5, 0.6) is 5.75 Å². The van der Waals surface area contributed by atoms with Crippen molar-refractivity contribution in [1.29, 1.82) is 0 Å². The normalized spacial score (nSPS) is 19.9. The zero-order chi connectivity index (χ0) is 26.4. The van der Waals surface area contributed by atoms with Crippen molar-refractivity contribution < 1.29 is 9.15 Å². The third kappa shape index (κ3) is 2.91. The van der Waals surface area contributed by atoms with E-state index in [0.29, 0.717) is 5.92 Å². The molecule has 3 atom stereocenters. The molecule has 2 aliphatic rings. The standard InChI is InChI=1S/C36H26N2O2/c37-28-12-7-11-22(21-16-19-33-27(20-21)24-9-3-5-14-31(24)39-33)35(28)38-29-13-4-1-10-26(29)34-30(38)18-17-25-23-8-2-6-15-32(23)40-36(25)34/h1-19,21,27,33H,20,37H2. The summed E-state index contributed by atoms with van der Waals surface area (Å²) in [5.41, 5.74) is 15.3. The highest BCUT2D eigenvalue weighted by molar-refractivity contribution is 6.24. The number of rotatable bonds is 2. The van der Waals surface area contributed by atoms with Gasteiger partial charge in [0.1, 0.15) is 23.0 Å². The molecule has 3 unspecified atom stereocenters. The lowest BCUT2D eigenvalue weighted by atomic mass is 9.78. The number of ether oxygens (including phenoxy) is 1. The molecule has 1 aliphatic heterocycles. The Labute approximate surface area is 230 Å². The summed E-state index contributed by atoms with van der Waals surface area (Å²) in [4.78, 5) is 0. The van der Waals surface area contributed by atoms with Crippen LogP contribution in [0.4, 0.5) is 5.69 Å².